The number of aromatic nitrogens is 2. The van der Waals surface area contributed by atoms with Crippen LogP contribution in [0.4, 0.5) is 0 Å². The van der Waals surface area contributed by atoms with E-state index < -0.39 is 10.0 Å². The maximum Gasteiger partial charge on any atom is 0.244 e. The standard InChI is InChI=1S/C13H26N4O3S/c1-6-12(9-20-5)16-21(18,19)13-10(2)15-17(11(13)3)8-7-14-4/h12,14,16H,6-9H2,1-5H3. The van der Waals surface area contributed by atoms with Crippen molar-refractivity contribution < 1.29 is 13.2 Å². The van der Waals surface area contributed by atoms with Crippen molar-refractivity contribution >= 4 is 10.0 Å². The predicted octanol–water partition coefficient (Wildman–Crippen LogP) is 0.423. The van der Waals surface area contributed by atoms with E-state index in [9.17, 15) is 8.42 Å². The van der Waals surface area contributed by atoms with Crippen molar-refractivity contribution in [2.24, 2.45) is 0 Å². The third-order valence-corrected chi connectivity index (χ3v) is 5.11. The molecule has 7 nitrogen and oxygen atoms in total. The third-order valence-electron chi connectivity index (χ3n) is 3.34. The molecule has 1 heterocycles. The highest BCUT2D eigenvalue weighted by Gasteiger charge is 2.26. The van der Waals surface area contributed by atoms with Gasteiger partial charge in [0.15, 0.2) is 0 Å². The Bertz CT molecular complexity index is 554. The zero-order valence-electron chi connectivity index (χ0n) is 13.4. The first kappa shape index (κ1) is 18.1. The van der Waals surface area contributed by atoms with Gasteiger partial charge in [0.1, 0.15) is 4.90 Å². The minimum atomic E-state index is -3.59. The summed E-state index contributed by atoms with van der Waals surface area (Å²) in [5, 5.41) is 7.35. The van der Waals surface area contributed by atoms with Crippen LogP contribution in [0.15, 0.2) is 4.90 Å². The lowest BCUT2D eigenvalue weighted by Gasteiger charge is -2.16. The van der Waals surface area contributed by atoms with Crippen LogP contribution in [0.1, 0.15) is 24.7 Å². The number of hydrogen-bond donors (Lipinski definition) is 2. The van der Waals surface area contributed by atoms with Gasteiger partial charge in [-0.25, -0.2) is 13.1 Å². The van der Waals surface area contributed by atoms with Crippen LogP contribution in [0.2, 0.25) is 0 Å². The van der Waals surface area contributed by atoms with E-state index in [1.807, 2.05) is 14.0 Å². The van der Waals surface area contributed by atoms with Gasteiger partial charge in [0.25, 0.3) is 0 Å². The number of likely N-dealkylation sites (N-methyl/N-ethyl adjacent to an activating group) is 1. The Morgan fingerprint density at radius 1 is 1.38 bits per heavy atom. The molecule has 0 aliphatic rings. The summed E-state index contributed by atoms with van der Waals surface area (Å²) in [4.78, 5) is 0.271. The average molecular weight is 318 g/mol. The summed E-state index contributed by atoms with van der Waals surface area (Å²) in [5.74, 6) is 0. The van der Waals surface area contributed by atoms with Crippen LogP contribution < -0.4 is 10.0 Å². The SMILES string of the molecule is CCC(COC)NS(=O)(=O)c1c(C)nn(CCNC)c1C. The molecule has 0 radical (unpaired) electrons. The first-order valence-corrected chi connectivity index (χ1v) is 8.55. The molecule has 1 atom stereocenters. The first-order valence-electron chi connectivity index (χ1n) is 7.07. The highest BCUT2D eigenvalue weighted by atomic mass is 32.2. The fourth-order valence-electron chi connectivity index (χ4n) is 2.22. The van der Waals surface area contributed by atoms with Crippen molar-refractivity contribution in [3.05, 3.63) is 11.4 Å². The number of ether oxygens (including phenoxy) is 1. The summed E-state index contributed by atoms with van der Waals surface area (Å²) in [5.41, 5.74) is 1.17. The molecule has 0 fully saturated rings. The van der Waals surface area contributed by atoms with Gasteiger partial charge in [0, 0.05) is 19.7 Å². The van der Waals surface area contributed by atoms with Crippen LogP contribution in [-0.2, 0) is 21.3 Å². The number of methoxy groups -OCH3 is 1. The Balaban J connectivity index is 3.05. The quantitative estimate of drug-likeness (QED) is 0.689. The second-order valence-electron chi connectivity index (χ2n) is 5.01. The fourth-order valence-corrected chi connectivity index (χ4v) is 3.93. The molecule has 0 saturated carbocycles. The second kappa shape index (κ2) is 7.88. The van der Waals surface area contributed by atoms with E-state index in [0.717, 1.165) is 6.54 Å². The van der Waals surface area contributed by atoms with Gasteiger partial charge in [-0.05, 0) is 27.3 Å². The predicted molar refractivity (Wildman–Crippen MR) is 81.9 cm³/mol. The van der Waals surface area contributed by atoms with Crippen LogP contribution in [0.3, 0.4) is 0 Å². The summed E-state index contributed by atoms with van der Waals surface area (Å²) in [6, 6.07) is -0.237. The van der Waals surface area contributed by atoms with Gasteiger partial charge in [0.05, 0.1) is 24.5 Å². The minimum Gasteiger partial charge on any atom is -0.383 e. The Kier molecular flexibility index (Phi) is 6.79. The van der Waals surface area contributed by atoms with Gasteiger partial charge in [-0.15, -0.1) is 0 Å². The van der Waals surface area contributed by atoms with E-state index in [2.05, 4.69) is 15.1 Å². The van der Waals surface area contributed by atoms with E-state index in [-0.39, 0.29) is 10.9 Å². The average Bonchev–Trinajstić information content (AvgIpc) is 2.70. The zero-order chi connectivity index (χ0) is 16.0. The highest BCUT2D eigenvalue weighted by molar-refractivity contribution is 7.89. The van der Waals surface area contributed by atoms with Crippen LogP contribution in [0.25, 0.3) is 0 Å². The summed E-state index contributed by atoms with van der Waals surface area (Å²) in [7, 11) is -0.186. The molecule has 1 rings (SSSR count). The number of aryl methyl sites for hydroxylation is 1. The van der Waals surface area contributed by atoms with Gasteiger partial charge >= 0.3 is 0 Å². The summed E-state index contributed by atoms with van der Waals surface area (Å²) in [6.07, 6.45) is 0.666. The van der Waals surface area contributed by atoms with Crippen molar-refractivity contribution in [3.63, 3.8) is 0 Å². The Morgan fingerprint density at radius 3 is 2.57 bits per heavy atom. The molecule has 0 aliphatic carbocycles. The summed E-state index contributed by atoms with van der Waals surface area (Å²) >= 11 is 0. The van der Waals surface area contributed by atoms with Crippen molar-refractivity contribution in [3.8, 4) is 0 Å². The van der Waals surface area contributed by atoms with Crippen LogP contribution in [0, 0.1) is 13.8 Å². The second-order valence-corrected chi connectivity index (χ2v) is 6.66. The normalized spacial score (nSPS) is 13.6. The lowest BCUT2D eigenvalue weighted by molar-refractivity contribution is 0.173. The van der Waals surface area contributed by atoms with Crippen LogP contribution in [-0.4, -0.2) is 51.5 Å². The Labute approximate surface area is 127 Å². The van der Waals surface area contributed by atoms with Crippen molar-refractivity contribution in [1.82, 2.24) is 19.8 Å². The molecule has 1 aromatic rings. The molecule has 1 unspecified atom stereocenters. The van der Waals surface area contributed by atoms with E-state index >= 15 is 0 Å². The Hall–Kier alpha value is -0.960. The van der Waals surface area contributed by atoms with Crippen molar-refractivity contribution in [1.29, 1.82) is 0 Å². The molecule has 0 bridgehead atoms. The first-order chi connectivity index (χ1) is 9.87. The number of sulfonamides is 1. The largest absolute Gasteiger partial charge is 0.383 e. The smallest absolute Gasteiger partial charge is 0.244 e. The van der Waals surface area contributed by atoms with Gasteiger partial charge in [0.2, 0.25) is 10.0 Å². The molecule has 0 aromatic carbocycles. The number of rotatable bonds is 9. The molecule has 0 saturated heterocycles. The molecule has 0 amide bonds. The lowest BCUT2D eigenvalue weighted by atomic mass is 10.3. The van der Waals surface area contributed by atoms with Crippen LogP contribution >= 0.6 is 0 Å². The van der Waals surface area contributed by atoms with Crippen molar-refractivity contribution in [2.75, 3.05) is 27.3 Å². The number of nitrogens with one attached hydrogen (secondary N) is 2. The van der Waals surface area contributed by atoms with E-state index in [0.29, 0.717) is 31.0 Å². The van der Waals surface area contributed by atoms with E-state index in [1.54, 1.807) is 25.6 Å². The zero-order valence-corrected chi connectivity index (χ0v) is 14.2. The van der Waals surface area contributed by atoms with Gasteiger partial charge in [-0.2, -0.15) is 5.10 Å². The molecule has 0 spiro atoms. The maximum absolute atomic E-state index is 12.6. The number of nitrogens with zero attached hydrogens (tertiary/aromatic N) is 2. The molecule has 21 heavy (non-hydrogen) atoms. The molecular formula is C13H26N4O3S. The van der Waals surface area contributed by atoms with Gasteiger partial charge in [-0.1, -0.05) is 6.92 Å². The van der Waals surface area contributed by atoms with E-state index in [1.165, 1.54) is 0 Å². The Morgan fingerprint density at radius 2 is 2.05 bits per heavy atom. The topological polar surface area (TPSA) is 85.2 Å². The summed E-state index contributed by atoms with van der Waals surface area (Å²) < 4.78 is 34.6. The third kappa shape index (κ3) is 4.50. The monoisotopic (exact) mass is 318 g/mol. The number of hydrogen-bond acceptors (Lipinski definition) is 5. The van der Waals surface area contributed by atoms with Gasteiger partial charge < -0.3 is 10.1 Å². The maximum atomic E-state index is 12.6. The van der Waals surface area contributed by atoms with Crippen LogP contribution in [0.5, 0.6) is 0 Å². The fraction of sp³-hybridized carbons (Fsp3) is 0.769. The van der Waals surface area contributed by atoms with Gasteiger partial charge in [-0.3, -0.25) is 4.68 Å². The summed E-state index contributed by atoms with van der Waals surface area (Å²) in [6.45, 7) is 7.13. The molecule has 1 aromatic heterocycles. The molecular weight excluding hydrogens is 292 g/mol. The molecule has 122 valence electrons. The molecule has 8 heteroatoms. The van der Waals surface area contributed by atoms with E-state index in [4.69, 9.17) is 4.74 Å². The van der Waals surface area contributed by atoms with Crippen molar-refractivity contribution in [2.45, 2.75) is 44.7 Å². The highest BCUT2D eigenvalue weighted by Crippen LogP contribution is 2.19. The molecule has 2 N–H and O–H groups in total. The minimum absolute atomic E-state index is 0.237. The lowest BCUT2D eigenvalue weighted by Crippen LogP contribution is -2.37. The molecule has 0 aliphatic heterocycles.